The van der Waals surface area contributed by atoms with Crippen LogP contribution in [0.15, 0.2) is 0 Å². The first kappa shape index (κ1) is 16.6. The summed E-state index contributed by atoms with van der Waals surface area (Å²) in [6.07, 6.45) is 2.95. The van der Waals surface area contributed by atoms with Crippen LogP contribution in [0.4, 0.5) is 0 Å². The van der Waals surface area contributed by atoms with E-state index >= 15 is 0 Å². The standard InChI is InChI=1S/C14H24N4/c1-11(2)5-7-13(9-15)18(17)14(10-16)8-6-12(3)4/h11-14H,5-8H2,1-4H3. The van der Waals surface area contributed by atoms with Gasteiger partial charge in [-0.3, -0.25) is 4.70 Å². The highest BCUT2D eigenvalue weighted by Gasteiger charge is 2.24. The lowest BCUT2D eigenvalue weighted by Gasteiger charge is -2.18. The van der Waals surface area contributed by atoms with E-state index in [9.17, 15) is 5.53 Å². The minimum atomic E-state index is -0.579. The van der Waals surface area contributed by atoms with Gasteiger partial charge in [-0.15, -0.1) is 0 Å². The predicted octanol–water partition coefficient (Wildman–Crippen LogP) is 3.68. The molecule has 0 aromatic rings. The van der Waals surface area contributed by atoms with E-state index in [1.807, 2.05) is 0 Å². The van der Waals surface area contributed by atoms with Gasteiger partial charge in [-0.25, -0.2) is 0 Å². The Morgan fingerprint density at radius 2 is 1.17 bits per heavy atom. The first-order chi connectivity index (χ1) is 8.42. The highest BCUT2D eigenvalue weighted by Crippen LogP contribution is 2.15. The fourth-order valence-corrected chi connectivity index (χ4v) is 1.71. The molecule has 0 saturated heterocycles. The van der Waals surface area contributed by atoms with Gasteiger partial charge in [-0.05, 0) is 24.7 Å². The van der Waals surface area contributed by atoms with Crippen molar-refractivity contribution in [2.45, 2.75) is 65.5 Å². The van der Waals surface area contributed by atoms with Crippen molar-refractivity contribution in [1.29, 1.82) is 10.5 Å². The van der Waals surface area contributed by atoms with Crippen LogP contribution in [0.2, 0.25) is 0 Å². The van der Waals surface area contributed by atoms with Crippen molar-refractivity contribution in [1.82, 2.24) is 0 Å². The lowest BCUT2D eigenvalue weighted by atomic mass is 10.0. The normalized spacial score (nSPS) is 14.0. The summed E-state index contributed by atoms with van der Waals surface area (Å²) in [5, 5.41) is 18.1. The largest absolute Gasteiger partial charge is 0.504 e. The van der Waals surface area contributed by atoms with E-state index in [1.54, 1.807) is 0 Å². The molecule has 100 valence electrons. The third-order valence-corrected chi connectivity index (χ3v) is 2.97. The van der Waals surface area contributed by atoms with Crippen LogP contribution >= 0.6 is 0 Å². The minimum absolute atomic E-state index is 0.491. The first-order valence-electron chi connectivity index (χ1n) is 6.68. The highest BCUT2D eigenvalue weighted by molar-refractivity contribution is 4.89. The van der Waals surface area contributed by atoms with Crippen LogP contribution in [0.1, 0.15) is 53.4 Å². The van der Waals surface area contributed by atoms with E-state index < -0.39 is 12.1 Å². The molecule has 0 aromatic carbocycles. The summed E-state index contributed by atoms with van der Waals surface area (Å²) in [6.45, 7) is 8.32. The topological polar surface area (TPSA) is 72.9 Å². The van der Waals surface area contributed by atoms with Gasteiger partial charge in [-0.1, -0.05) is 27.7 Å². The Balaban J connectivity index is 4.46. The Hall–Kier alpha value is -1.42. The molecule has 4 nitrogen and oxygen atoms in total. The number of nitriles is 2. The van der Waals surface area contributed by atoms with E-state index in [-0.39, 0.29) is 0 Å². The van der Waals surface area contributed by atoms with Gasteiger partial charge in [0.25, 0.3) is 0 Å². The van der Waals surface area contributed by atoms with Crippen LogP contribution in [0.3, 0.4) is 0 Å². The second-order valence-electron chi connectivity index (χ2n) is 5.61. The van der Waals surface area contributed by atoms with Gasteiger partial charge >= 0.3 is 0 Å². The molecule has 18 heavy (non-hydrogen) atoms. The van der Waals surface area contributed by atoms with Crippen LogP contribution in [-0.4, -0.2) is 16.8 Å². The van der Waals surface area contributed by atoms with Gasteiger partial charge in [0.2, 0.25) is 12.1 Å². The fourth-order valence-electron chi connectivity index (χ4n) is 1.71. The summed E-state index contributed by atoms with van der Waals surface area (Å²) in [7, 11) is 0. The number of nitrogens with zero attached hydrogens (tertiary/aromatic N) is 4. The molecular weight excluding hydrogens is 224 g/mol. The molecule has 0 amide bonds. The molecule has 0 aromatic heterocycles. The van der Waals surface area contributed by atoms with Crippen molar-refractivity contribution < 1.29 is 4.70 Å². The molecule has 0 aliphatic rings. The third kappa shape index (κ3) is 6.35. The number of hydrogen-bond acceptors (Lipinski definition) is 2. The average molecular weight is 248 g/mol. The third-order valence-electron chi connectivity index (χ3n) is 2.97. The van der Waals surface area contributed by atoms with E-state index in [0.29, 0.717) is 24.7 Å². The van der Waals surface area contributed by atoms with E-state index in [0.717, 1.165) is 17.5 Å². The van der Waals surface area contributed by atoms with Crippen molar-refractivity contribution in [2.24, 2.45) is 11.8 Å². The zero-order valence-corrected chi connectivity index (χ0v) is 11.9. The molecule has 0 aliphatic carbocycles. The summed E-state index contributed by atoms with van der Waals surface area (Å²) in [5.74, 6) is 0.982. The Bertz CT molecular complexity index is 301. The second-order valence-corrected chi connectivity index (χ2v) is 5.61. The fraction of sp³-hybridized carbons (Fsp3) is 0.857. The van der Waals surface area contributed by atoms with Crippen LogP contribution in [-0.2, 0) is 0 Å². The van der Waals surface area contributed by atoms with E-state index in [1.165, 1.54) is 0 Å². The molecule has 0 radical (unpaired) electrons. The summed E-state index contributed by atoms with van der Waals surface area (Å²) in [6, 6.07) is 3.01. The van der Waals surface area contributed by atoms with Gasteiger partial charge in [0.1, 0.15) is 12.1 Å². The maximum atomic E-state index is 9.98. The van der Waals surface area contributed by atoms with E-state index in [4.69, 9.17) is 10.5 Å². The molecule has 0 aliphatic heterocycles. The Morgan fingerprint density at radius 3 is 1.39 bits per heavy atom. The molecule has 0 fully saturated rings. The minimum Gasteiger partial charge on any atom is -0.504 e. The molecule has 2 atom stereocenters. The molecule has 0 heterocycles. The summed E-state index contributed by atoms with van der Waals surface area (Å²) >= 11 is 0. The SMILES string of the molecule is CC(C)CCC(C#N)[N+](=[N-])C(C#N)CCC(C)C. The van der Waals surface area contributed by atoms with Crippen molar-refractivity contribution in [3.63, 3.8) is 0 Å². The molecule has 0 N–H and O–H groups in total. The van der Waals surface area contributed by atoms with Gasteiger partial charge < -0.3 is 5.53 Å². The maximum absolute atomic E-state index is 9.98. The second kappa shape index (κ2) is 8.64. The van der Waals surface area contributed by atoms with E-state index in [2.05, 4.69) is 39.8 Å². The quantitative estimate of drug-likeness (QED) is 0.485. The highest BCUT2D eigenvalue weighted by atomic mass is 15.2. The van der Waals surface area contributed by atoms with Crippen LogP contribution in [0.25, 0.3) is 5.53 Å². The van der Waals surface area contributed by atoms with Crippen LogP contribution < -0.4 is 0 Å². The number of hydrogen-bond donors (Lipinski definition) is 0. The van der Waals surface area contributed by atoms with Gasteiger partial charge in [-0.2, -0.15) is 10.5 Å². The van der Waals surface area contributed by atoms with Crippen molar-refractivity contribution in [3.05, 3.63) is 5.53 Å². The van der Waals surface area contributed by atoms with Gasteiger partial charge in [0, 0.05) is 12.8 Å². The van der Waals surface area contributed by atoms with Crippen LogP contribution in [0.5, 0.6) is 0 Å². The Labute approximate surface area is 111 Å². The van der Waals surface area contributed by atoms with Crippen molar-refractivity contribution in [2.75, 3.05) is 0 Å². The molecule has 0 rings (SSSR count). The lowest BCUT2D eigenvalue weighted by Crippen LogP contribution is -2.31. The molecule has 0 saturated carbocycles. The first-order valence-corrected chi connectivity index (χ1v) is 6.68. The number of rotatable bonds is 8. The molecule has 4 heteroatoms. The van der Waals surface area contributed by atoms with Crippen molar-refractivity contribution >= 4 is 0 Å². The van der Waals surface area contributed by atoms with Gasteiger partial charge in [0.15, 0.2) is 0 Å². The zero-order chi connectivity index (χ0) is 14.1. The molecule has 0 spiro atoms. The molecular formula is C14H24N4. The van der Waals surface area contributed by atoms with Crippen molar-refractivity contribution in [3.8, 4) is 12.1 Å². The molecule has 2 unspecified atom stereocenters. The maximum Gasteiger partial charge on any atom is 0.228 e. The smallest absolute Gasteiger partial charge is 0.228 e. The van der Waals surface area contributed by atoms with Gasteiger partial charge in [0.05, 0.1) is 0 Å². The lowest BCUT2D eigenvalue weighted by molar-refractivity contribution is -0.597. The zero-order valence-electron chi connectivity index (χ0n) is 11.9. The summed E-state index contributed by atoms with van der Waals surface area (Å²) in [5.41, 5.74) is 9.98. The Morgan fingerprint density at radius 1 is 0.833 bits per heavy atom. The predicted molar refractivity (Wildman–Crippen MR) is 70.6 cm³/mol. The summed E-state index contributed by atoms with van der Waals surface area (Å²) < 4.78 is 0.949. The Kier molecular flexibility index (Phi) is 7.96. The van der Waals surface area contributed by atoms with Crippen LogP contribution in [0, 0.1) is 34.5 Å². The molecule has 0 bridgehead atoms. The average Bonchev–Trinajstić information content (AvgIpc) is 2.29. The summed E-state index contributed by atoms with van der Waals surface area (Å²) in [4.78, 5) is 0. The monoisotopic (exact) mass is 248 g/mol.